The summed E-state index contributed by atoms with van der Waals surface area (Å²) in [6, 6.07) is 0. The monoisotopic (exact) mass is 203 g/mol. The summed E-state index contributed by atoms with van der Waals surface area (Å²) in [5.41, 5.74) is 3.12. The topological polar surface area (TPSA) is 39.3 Å². The molecule has 0 bridgehead atoms. The summed E-state index contributed by atoms with van der Waals surface area (Å²) < 4.78 is 3.35. The van der Waals surface area contributed by atoms with Crippen LogP contribution >= 0.6 is 0 Å². The molecule has 2 heterocycles. The Morgan fingerprint density at radius 3 is 2.93 bits per heavy atom. The molecule has 0 radical (unpaired) electrons. The summed E-state index contributed by atoms with van der Waals surface area (Å²) in [5, 5.41) is 4.46. The van der Waals surface area contributed by atoms with Crippen molar-refractivity contribution in [3.05, 3.63) is 34.0 Å². The minimum atomic E-state index is 0.0631. The van der Waals surface area contributed by atoms with Crippen molar-refractivity contribution < 1.29 is 0 Å². The Balaban J connectivity index is 2.44. The molecule has 2 aromatic rings. The zero-order chi connectivity index (χ0) is 10.4. The second-order valence-electron chi connectivity index (χ2n) is 4.14. The summed E-state index contributed by atoms with van der Waals surface area (Å²) in [5.74, 6) is 0. The van der Waals surface area contributed by atoms with Gasteiger partial charge in [0.1, 0.15) is 5.52 Å². The number of nitrogens with zero attached hydrogens (tertiary/aromatic N) is 3. The molecule has 0 saturated carbocycles. The number of rotatable bonds is 0. The van der Waals surface area contributed by atoms with Crippen LogP contribution in [0.4, 0.5) is 0 Å². The zero-order valence-corrected chi connectivity index (χ0v) is 8.73. The van der Waals surface area contributed by atoms with Crippen molar-refractivity contribution in [2.45, 2.75) is 25.7 Å². The van der Waals surface area contributed by atoms with Crippen LogP contribution in [0.5, 0.6) is 0 Å². The van der Waals surface area contributed by atoms with Crippen molar-refractivity contribution >= 4 is 5.52 Å². The quantitative estimate of drug-likeness (QED) is 0.638. The van der Waals surface area contributed by atoms with Gasteiger partial charge in [0.05, 0.1) is 5.69 Å². The molecule has 0 unspecified atom stereocenters. The van der Waals surface area contributed by atoms with E-state index in [1.165, 1.54) is 18.4 Å². The molecule has 1 aliphatic carbocycles. The first-order valence-electron chi connectivity index (χ1n) is 5.33. The summed E-state index contributed by atoms with van der Waals surface area (Å²) in [4.78, 5) is 12.0. The Hall–Kier alpha value is -1.58. The van der Waals surface area contributed by atoms with Crippen LogP contribution in [0.3, 0.4) is 0 Å². The maximum Gasteiger partial charge on any atom is 0.276 e. The second-order valence-corrected chi connectivity index (χ2v) is 4.14. The lowest BCUT2D eigenvalue weighted by atomic mass is 9.97. The Kier molecular flexibility index (Phi) is 1.71. The molecule has 78 valence electrons. The number of fused-ring (bicyclic) bond motifs is 3. The van der Waals surface area contributed by atoms with Crippen molar-refractivity contribution in [3.63, 3.8) is 0 Å². The van der Waals surface area contributed by atoms with E-state index in [0.717, 1.165) is 24.1 Å². The van der Waals surface area contributed by atoms with E-state index in [2.05, 4.69) is 5.10 Å². The Morgan fingerprint density at radius 1 is 1.27 bits per heavy atom. The first-order valence-corrected chi connectivity index (χ1v) is 5.33. The third kappa shape index (κ3) is 1.14. The summed E-state index contributed by atoms with van der Waals surface area (Å²) in [7, 11) is 1.78. The van der Waals surface area contributed by atoms with Gasteiger partial charge in [-0.3, -0.25) is 4.79 Å². The van der Waals surface area contributed by atoms with Crippen LogP contribution in [0.25, 0.3) is 5.52 Å². The van der Waals surface area contributed by atoms with E-state index in [1.54, 1.807) is 22.3 Å². The largest absolute Gasteiger partial charge is 0.315 e. The molecule has 3 rings (SSSR count). The standard InChI is InChI=1S/C11H13N3O/c1-13-6-7-14-10(11(13)15)8-4-2-3-5-9(8)12-14/h6-7H,2-5H2,1H3. The molecular formula is C11H13N3O. The van der Waals surface area contributed by atoms with E-state index in [0.29, 0.717) is 0 Å². The van der Waals surface area contributed by atoms with E-state index < -0.39 is 0 Å². The van der Waals surface area contributed by atoms with E-state index in [9.17, 15) is 4.79 Å². The van der Waals surface area contributed by atoms with Crippen LogP contribution in [0, 0.1) is 0 Å². The molecule has 4 heteroatoms. The summed E-state index contributed by atoms with van der Waals surface area (Å²) in [6.07, 6.45) is 7.99. The molecule has 0 aromatic carbocycles. The van der Waals surface area contributed by atoms with Gasteiger partial charge in [-0.2, -0.15) is 5.10 Å². The fourth-order valence-corrected chi connectivity index (χ4v) is 2.31. The van der Waals surface area contributed by atoms with Crippen LogP contribution in [0.1, 0.15) is 24.1 Å². The second kappa shape index (κ2) is 2.95. The Bertz CT molecular complexity index is 579. The van der Waals surface area contributed by atoms with Gasteiger partial charge in [-0.15, -0.1) is 0 Å². The van der Waals surface area contributed by atoms with Gasteiger partial charge in [-0.1, -0.05) is 0 Å². The third-order valence-electron chi connectivity index (χ3n) is 3.14. The van der Waals surface area contributed by atoms with Crippen LogP contribution < -0.4 is 5.56 Å². The van der Waals surface area contributed by atoms with Gasteiger partial charge in [-0.25, -0.2) is 4.52 Å². The van der Waals surface area contributed by atoms with Crippen molar-refractivity contribution in [2.24, 2.45) is 7.05 Å². The maximum atomic E-state index is 12.0. The molecular weight excluding hydrogens is 190 g/mol. The first kappa shape index (κ1) is 8.71. The molecule has 0 fully saturated rings. The lowest BCUT2D eigenvalue weighted by Crippen LogP contribution is -2.19. The fraction of sp³-hybridized carbons (Fsp3) is 0.455. The highest BCUT2D eigenvalue weighted by Gasteiger charge is 2.18. The highest BCUT2D eigenvalue weighted by molar-refractivity contribution is 5.55. The molecule has 0 saturated heterocycles. The van der Waals surface area contributed by atoms with Crippen LogP contribution in [-0.2, 0) is 19.9 Å². The molecule has 2 aromatic heterocycles. The van der Waals surface area contributed by atoms with Gasteiger partial charge >= 0.3 is 0 Å². The fourth-order valence-electron chi connectivity index (χ4n) is 2.31. The van der Waals surface area contributed by atoms with Gasteiger partial charge in [0, 0.05) is 25.0 Å². The minimum Gasteiger partial charge on any atom is -0.315 e. The number of aromatic nitrogens is 3. The van der Waals surface area contributed by atoms with Crippen LogP contribution in [0.15, 0.2) is 17.2 Å². The average molecular weight is 203 g/mol. The van der Waals surface area contributed by atoms with Gasteiger partial charge in [0.15, 0.2) is 0 Å². The minimum absolute atomic E-state index is 0.0631. The zero-order valence-electron chi connectivity index (χ0n) is 8.73. The first-order chi connectivity index (χ1) is 7.27. The van der Waals surface area contributed by atoms with Crippen LogP contribution in [0.2, 0.25) is 0 Å². The van der Waals surface area contributed by atoms with Crippen molar-refractivity contribution in [2.75, 3.05) is 0 Å². The van der Waals surface area contributed by atoms with E-state index in [4.69, 9.17) is 0 Å². The number of aryl methyl sites for hydroxylation is 3. The molecule has 0 spiro atoms. The molecule has 4 nitrogen and oxygen atoms in total. The number of hydrogen-bond acceptors (Lipinski definition) is 2. The average Bonchev–Trinajstić information content (AvgIpc) is 2.62. The third-order valence-corrected chi connectivity index (χ3v) is 3.14. The maximum absolute atomic E-state index is 12.0. The predicted octanol–water partition coefficient (Wildman–Crippen LogP) is 0.912. The molecule has 0 amide bonds. The highest BCUT2D eigenvalue weighted by Crippen LogP contribution is 2.22. The number of hydrogen-bond donors (Lipinski definition) is 0. The molecule has 1 aliphatic rings. The highest BCUT2D eigenvalue weighted by atomic mass is 16.1. The summed E-state index contributed by atoms with van der Waals surface area (Å²) in [6.45, 7) is 0. The molecule has 0 N–H and O–H groups in total. The molecule has 15 heavy (non-hydrogen) atoms. The Labute approximate surface area is 87.1 Å². The summed E-state index contributed by atoms with van der Waals surface area (Å²) >= 11 is 0. The lowest BCUT2D eigenvalue weighted by molar-refractivity contribution is 0.673. The van der Waals surface area contributed by atoms with Crippen molar-refractivity contribution in [1.82, 2.24) is 14.2 Å². The van der Waals surface area contributed by atoms with E-state index in [1.807, 2.05) is 6.20 Å². The predicted molar refractivity (Wildman–Crippen MR) is 57.1 cm³/mol. The van der Waals surface area contributed by atoms with Crippen molar-refractivity contribution in [1.29, 1.82) is 0 Å². The van der Waals surface area contributed by atoms with Crippen molar-refractivity contribution in [3.8, 4) is 0 Å². The SMILES string of the molecule is Cn1ccn2nc3c(c2c1=O)CCCC3. The smallest absolute Gasteiger partial charge is 0.276 e. The van der Waals surface area contributed by atoms with Gasteiger partial charge < -0.3 is 4.57 Å². The van der Waals surface area contributed by atoms with Gasteiger partial charge in [0.2, 0.25) is 0 Å². The normalized spacial score (nSPS) is 15.5. The van der Waals surface area contributed by atoms with Gasteiger partial charge in [0.25, 0.3) is 5.56 Å². The Morgan fingerprint density at radius 2 is 2.07 bits per heavy atom. The van der Waals surface area contributed by atoms with E-state index in [-0.39, 0.29) is 5.56 Å². The van der Waals surface area contributed by atoms with Crippen LogP contribution in [-0.4, -0.2) is 14.2 Å². The molecule has 0 aliphatic heterocycles. The van der Waals surface area contributed by atoms with Gasteiger partial charge in [-0.05, 0) is 25.7 Å². The lowest BCUT2D eigenvalue weighted by Gasteiger charge is -2.08. The van der Waals surface area contributed by atoms with E-state index >= 15 is 0 Å². The molecule has 0 atom stereocenters.